The molecule has 0 aliphatic carbocycles. The molecule has 0 fully saturated rings. The lowest BCUT2D eigenvalue weighted by Crippen LogP contribution is -2.23. The van der Waals surface area contributed by atoms with Gasteiger partial charge in [0.25, 0.3) is 0 Å². The molecule has 14 heavy (non-hydrogen) atoms. The average Bonchev–Trinajstić information content (AvgIpc) is 2.22. The molecule has 78 valence electrons. The Hall–Kier alpha value is -0.840. The highest BCUT2D eigenvalue weighted by Gasteiger charge is 2.03. The summed E-state index contributed by atoms with van der Waals surface area (Å²) in [6.45, 7) is 0.566. The molecule has 0 aliphatic heterocycles. The SMILES string of the molecule is COC(CNc1ccc(Cl)nc1)OC. The summed E-state index contributed by atoms with van der Waals surface area (Å²) in [5.41, 5.74) is 0.883. The van der Waals surface area contributed by atoms with Crippen molar-refractivity contribution in [1.29, 1.82) is 0 Å². The lowest BCUT2D eigenvalue weighted by atomic mass is 10.4. The van der Waals surface area contributed by atoms with E-state index in [0.717, 1.165) is 5.69 Å². The number of nitrogens with zero attached hydrogens (tertiary/aromatic N) is 1. The van der Waals surface area contributed by atoms with Gasteiger partial charge in [0.15, 0.2) is 6.29 Å². The number of methoxy groups -OCH3 is 2. The second kappa shape index (κ2) is 5.80. The van der Waals surface area contributed by atoms with Gasteiger partial charge in [0.05, 0.1) is 18.4 Å². The summed E-state index contributed by atoms with van der Waals surface area (Å²) in [6.07, 6.45) is 1.40. The molecule has 0 amide bonds. The molecular weight excluding hydrogens is 204 g/mol. The Morgan fingerprint density at radius 3 is 2.64 bits per heavy atom. The molecule has 1 aromatic rings. The first-order valence-electron chi connectivity index (χ1n) is 4.17. The van der Waals surface area contributed by atoms with E-state index in [1.165, 1.54) is 0 Å². The van der Waals surface area contributed by atoms with Gasteiger partial charge in [-0.15, -0.1) is 0 Å². The van der Waals surface area contributed by atoms with Crippen molar-refractivity contribution in [2.24, 2.45) is 0 Å². The fourth-order valence-corrected chi connectivity index (χ4v) is 1.06. The first-order valence-corrected chi connectivity index (χ1v) is 4.55. The van der Waals surface area contributed by atoms with Gasteiger partial charge in [-0.1, -0.05) is 11.6 Å². The Kier molecular flexibility index (Phi) is 4.65. The highest BCUT2D eigenvalue weighted by molar-refractivity contribution is 6.29. The van der Waals surface area contributed by atoms with Gasteiger partial charge in [-0.2, -0.15) is 0 Å². The summed E-state index contributed by atoms with van der Waals surface area (Å²) in [4.78, 5) is 3.93. The predicted octanol–water partition coefficient (Wildman–Crippen LogP) is 1.77. The normalized spacial score (nSPS) is 10.6. The smallest absolute Gasteiger partial charge is 0.173 e. The summed E-state index contributed by atoms with van der Waals surface area (Å²) in [7, 11) is 3.19. The van der Waals surface area contributed by atoms with Crippen LogP contribution in [0.5, 0.6) is 0 Å². The highest BCUT2D eigenvalue weighted by atomic mass is 35.5. The van der Waals surface area contributed by atoms with E-state index in [9.17, 15) is 0 Å². The number of hydrogen-bond acceptors (Lipinski definition) is 4. The van der Waals surface area contributed by atoms with Gasteiger partial charge in [-0.3, -0.25) is 0 Å². The number of anilines is 1. The van der Waals surface area contributed by atoms with Crippen molar-refractivity contribution in [3.63, 3.8) is 0 Å². The third-order valence-corrected chi connectivity index (χ3v) is 1.95. The van der Waals surface area contributed by atoms with Crippen LogP contribution < -0.4 is 5.32 Å². The maximum Gasteiger partial charge on any atom is 0.173 e. The molecule has 1 aromatic heterocycles. The molecule has 0 bridgehead atoms. The van der Waals surface area contributed by atoms with Crippen molar-refractivity contribution in [3.05, 3.63) is 23.5 Å². The molecule has 5 heteroatoms. The summed E-state index contributed by atoms with van der Waals surface area (Å²) in [6, 6.07) is 3.57. The fourth-order valence-electron chi connectivity index (χ4n) is 0.944. The summed E-state index contributed by atoms with van der Waals surface area (Å²) < 4.78 is 10.0. The van der Waals surface area contributed by atoms with E-state index < -0.39 is 0 Å². The topological polar surface area (TPSA) is 43.4 Å². The summed E-state index contributed by atoms with van der Waals surface area (Å²) >= 11 is 5.64. The summed E-state index contributed by atoms with van der Waals surface area (Å²) in [5, 5.41) is 3.58. The van der Waals surface area contributed by atoms with Crippen molar-refractivity contribution < 1.29 is 9.47 Å². The zero-order valence-electron chi connectivity index (χ0n) is 8.16. The van der Waals surface area contributed by atoms with Crippen LogP contribution in [0.25, 0.3) is 0 Å². The van der Waals surface area contributed by atoms with Crippen LogP contribution in [0.4, 0.5) is 5.69 Å². The van der Waals surface area contributed by atoms with Gasteiger partial charge in [-0.05, 0) is 12.1 Å². The quantitative estimate of drug-likeness (QED) is 0.602. The molecule has 0 aromatic carbocycles. The van der Waals surface area contributed by atoms with Crippen LogP contribution in [0.3, 0.4) is 0 Å². The zero-order chi connectivity index (χ0) is 10.4. The number of rotatable bonds is 5. The number of halogens is 1. The minimum absolute atomic E-state index is 0.259. The second-order valence-electron chi connectivity index (χ2n) is 2.65. The minimum atomic E-state index is -0.259. The third-order valence-electron chi connectivity index (χ3n) is 1.73. The molecule has 0 aliphatic rings. The number of nitrogens with one attached hydrogen (secondary N) is 1. The van der Waals surface area contributed by atoms with E-state index in [1.54, 1.807) is 26.5 Å². The van der Waals surface area contributed by atoms with E-state index in [0.29, 0.717) is 11.7 Å². The molecule has 0 saturated heterocycles. The summed E-state index contributed by atoms with van der Waals surface area (Å²) in [5.74, 6) is 0. The molecule has 4 nitrogen and oxygen atoms in total. The van der Waals surface area contributed by atoms with Crippen molar-refractivity contribution in [3.8, 4) is 0 Å². The molecule has 0 spiro atoms. The van der Waals surface area contributed by atoms with E-state index in [4.69, 9.17) is 21.1 Å². The van der Waals surface area contributed by atoms with Gasteiger partial charge in [-0.25, -0.2) is 4.98 Å². The molecule has 0 atom stereocenters. The lowest BCUT2D eigenvalue weighted by Gasteiger charge is -2.14. The van der Waals surface area contributed by atoms with Gasteiger partial charge in [0.1, 0.15) is 5.15 Å². The molecule has 0 radical (unpaired) electrons. The molecule has 1 rings (SSSR count). The third kappa shape index (κ3) is 3.49. The Labute approximate surface area is 88.2 Å². The van der Waals surface area contributed by atoms with Crippen LogP contribution in [0.15, 0.2) is 18.3 Å². The highest BCUT2D eigenvalue weighted by Crippen LogP contribution is 2.09. The van der Waals surface area contributed by atoms with Crippen molar-refractivity contribution in [2.45, 2.75) is 6.29 Å². The van der Waals surface area contributed by atoms with E-state index in [-0.39, 0.29) is 6.29 Å². The zero-order valence-corrected chi connectivity index (χ0v) is 8.91. The van der Waals surface area contributed by atoms with Crippen LogP contribution in [-0.4, -0.2) is 32.0 Å². The Morgan fingerprint density at radius 1 is 1.43 bits per heavy atom. The Balaban J connectivity index is 2.41. The predicted molar refractivity (Wildman–Crippen MR) is 55.5 cm³/mol. The number of aromatic nitrogens is 1. The first kappa shape index (κ1) is 11.2. The van der Waals surface area contributed by atoms with Gasteiger partial charge >= 0.3 is 0 Å². The fraction of sp³-hybridized carbons (Fsp3) is 0.444. The van der Waals surface area contributed by atoms with Crippen LogP contribution in [-0.2, 0) is 9.47 Å². The standard InChI is InChI=1S/C9H13ClN2O2/c1-13-9(14-2)6-11-7-3-4-8(10)12-5-7/h3-5,9,11H,6H2,1-2H3. The second-order valence-corrected chi connectivity index (χ2v) is 3.04. The van der Waals surface area contributed by atoms with E-state index in [1.807, 2.05) is 6.07 Å². The van der Waals surface area contributed by atoms with Crippen LogP contribution in [0.1, 0.15) is 0 Å². The monoisotopic (exact) mass is 216 g/mol. The number of pyridine rings is 1. The van der Waals surface area contributed by atoms with Gasteiger partial charge in [0, 0.05) is 14.2 Å². The minimum Gasteiger partial charge on any atom is -0.379 e. The molecular formula is C9H13ClN2O2. The average molecular weight is 217 g/mol. The van der Waals surface area contributed by atoms with Gasteiger partial charge in [0.2, 0.25) is 0 Å². The van der Waals surface area contributed by atoms with Gasteiger partial charge < -0.3 is 14.8 Å². The van der Waals surface area contributed by atoms with Crippen molar-refractivity contribution in [1.82, 2.24) is 4.98 Å². The number of hydrogen-bond donors (Lipinski definition) is 1. The van der Waals surface area contributed by atoms with Crippen LogP contribution in [0.2, 0.25) is 5.15 Å². The molecule has 1 heterocycles. The van der Waals surface area contributed by atoms with Crippen LogP contribution in [0, 0.1) is 0 Å². The van der Waals surface area contributed by atoms with Crippen molar-refractivity contribution in [2.75, 3.05) is 26.1 Å². The van der Waals surface area contributed by atoms with Crippen LogP contribution >= 0.6 is 11.6 Å². The maximum atomic E-state index is 5.64. The number of ether oxygens (including phenoxy) is 2. The largest absolute Gasteiger partial charge is 0.379 e. The first-order chi connectivity index (χ1) is 6.76. The van der Waals surface area contributed by atoms with E-state index >= 15 is 0 Å². The lowest BCUT2D eigenvalue weighted by molar-refractivity contribution is -0.0914. The van der Waals surface area contributed by atoms with E-state index in [2.05, 4.69) is 10.3 Å². The molecule has 0 unspecified atom stereocenters. The Morgan fingerprint density at radius 2 is 2.14 bits per heavy atom. The Bertz CT molecular complexity index is 262. The van der Waals surface area contributed by atoms with Crippen molar-refractivity contribution >= 4 is 17.3 Å². The maximum absolute atomic E-state index is 5.64. The molecule has 1 N–H and O–H groups in total. The molecule has 0 saturated carbocycles.